The van der Waals surface area contributed by atoms with E-state index < -0.39 is 5.97 Å². The van der Waals surface area contributed by atoms with Crippen LogP contribution in [0.2, 0.25) is 0 Å². The summed E-state index contributed by atoms with van der Waals surface area (Å²) in [5.41, 5.74) is 0.213. The van der Waals surface area contributed by atoms with E-state index in [1.165, 1.54) is 0 Å². The van der Waals surface area contributed by atoms with Gasteiger partial charge < -0.3 is 9.84 Å². The SMILES string of the molecule is C=CCCCOc1ccc(I)cc1C(=O)O. The second kappa shape index (κ2) is 6.52. The quantitative estimate of drug-likeness (QED) is 0.494. The summed E-state index contributed by atoms with van der Waals surface area (Å²) in [4.78, 5) is 11.0. The summed E-state index contributed by atoms with van der Waals surface area (Å²) in [6.07, 6.45) is 3.52. The molecule has 0 aliphatic carbocycles. The minimum atomic E-state index is -0.961. The maximum Gasteiger partial charge on any atom is 0.339 e. The largest absolute Gasteiger partial charge is 0.493 e. The van der Waals surface area contributed by atoms with Gasteiger partial charge >= 0.3 is 5.97 Å². The average molecular weight is 332 g/mol. The Hall–Kier alpha value is -1.04. The van der Waals surface area contributed by atoms with Crippen molar-refractivity contribution < 1.29 is 14.6 Å². The number of carboxylic acids is 1. The van der Waals surface area contributed by atoms with Crippen LogP contribution in [-0.4, -0.2) is 17.7 Å². The molecule has 0 radical (unpaired) electrons. The molecule has 1 rings (SSSR count). The Morgan fingerprint density at radius 2 is 2.31 bits per heavy atom. The number of carboxylic acid groups (broad SMARTS) is 1. The Balaban J connectivity index is 2.71. The molecule has 1 aromatic rings. The number of allylic oxidation sites excluding steroid dienone is 1. The van der Waals surface area contributed by atoms with Crippen molar-refractivity contribution in [2.75, 3.05) is 6.61 Å². The van der Waals surface area contributed by atoms with Gasteiger partial charge in [-0.1, -0.05) is 6.08 Å². The second-order valence-corrected chi connectivity index (χ2v) is 4.47. The van der Waals surface area contributed by atoms with Crippen molar-refractivity contribution in [3.8, 4) is 5.75 Å². The van der Waals surface area contributed by atoms with Gasteiger partial charge in [-0.15, -0.1) is 6.58 Å². The van der Waals surface area contributed by atoms with Gasteiger partial charge in [-0.05, 0) is 53.6 Å². The first-order valence-corrected chi connectivity index (χ1v) is 5.99. The molecule has 16 heavy (non-hydrogen) atoms. The summed E-state index contributed by atoms with van der Waals surface area (Å²) in [7, 11) is 0. The average Bonchev–Trinajstić information content (AvgIpc) is 2.26. The van der Waals surface area contributed by atoms with E-state index in [1.54, 1.807) is 12.1 Å². The Morgan fingerprint density at radius 1 is 1.56 bits per heavy atom. The van der Waals surface area contributed by atoms with Crippen LogP contribution < -0.4 is 4.74 Å². The maximum absolute atomic E-state index is 11.0. The minimum absolute atomic E-state index is 0.213. The van der Waals surface area contributed by atoms with E-state index in [4.69, 9.17) is 9.84 Å². The van der Waals surface area contributed by atoms with E-state index in [-0.39, 0.29) is 5.56 Å². The van der Waals surface area contributed by atoms with Crippen LogP contribution in [0.4, 0.5) is 0 Å². The van der Waals surface area contributed by atoms with Gasteiger partial charge in [-0.25, -0.2) is 4.79 Å². The van der Waals surface area contributed by atoms with Gasteiger partial charge in [0.25, 0.3) is 0 Å². The first-order chi connectivity index (χ1) is 7.65. The highest BCUT2D eigenvalue weighted by molar-refractivity contribution is 14.1. The molecule has 0 aromatic heterocycles. The summed E-state index contributed by atoms with van der Waals surface area (Å²) in [6.45, 7) is 4.12. The molecule has 0 bridgehead atoms. The lowest BCUT2D eigenvalue weighted by atomic mass is 10.2. The Labute approximate surface area is 108 Å². The molecule has 0 amide bonds. The molecule has 86 valence electrons. The number of aromatic carboxylic acids is 1. The molecule has 0 aliphatic heterocycles. The van der Waals surface area contributed by atoms with Gasteiger partial charge in [-0.2, -0.15) is 0 Å². The molecule has 4 heteroatoms. The molecule has 3 nitrogen and oxygen atoms in total. The van der Waals surface area contributed by atoms with Crippen LogP contribution in [0.5, 0.6) is 5.75 Å². The number of rotatable bonds is 6. The smallest absolute Gasteiger partial charge is 0.339 e. The van der Waals surface area contributed by atoms with Crippen LogP contribution in [0.25, 0.3) is 0 Å². The van der Waals surface area contributed by atoms with Crippen LogP contribution in [0.15, 0.2) is 30.9 Å². The molecule has 0 saturated heterocycles. The van der Waals surface area contributed by atoms with Crippen molar-refractivity contribution in [3.63, 3.8) is 0 Å². The third kappa shape index (κ3) is 3.84. The third-order valence-corrected chi connectivity index (χ3v) is 2.65. The van der Waals surface area contributed by atoms with Crippen LogP contribution >= 0.6 is 22.6 Å². The molecular weight excluding hydrogens is 319 g/mol. The molecule has 0 heterocycles. The summed E-state index contributed by atoms with van der Waals surface area (Å²) >= 11 is 2.07. The van der Waals surface area contributed by atoms with Crippen LogP contribution in [0, 0.1) is 3.57 Å². The molecule has 0 unspecified atom stereocenters. The monoisotopic (exact) mass is 332 g/mol. The predicted molar refractivity (Wildman–Crippen MR) is 71.0 cm³/mol. The molecule has 1 N–H and O–H groups in total. The highest BCUT2D eigenvalue weighted by Gasteiger charge is 2.11. The minimum Gasteiger partial charge on any atom is -0.493 e. The third-order valence-electron chi connectivity index (χ3n) is 1.98. The lowest BCUT2D eigenvalue weighted by Gasteiger charge is -2.08. The molecule has 0 aliphatic rings. The van der Waals surface area contributed by atoms with Gasteiger partial charge in [0.15, 0.2) is 0 Å². The number of hydrogen-bond acceptors (Lipinski definition) is 2. The second-order valence-electron chi connectivity index (χ2n) is 3.22. The van der Waals surface area contributed by atoms with Gasteiger partial charge in [0.05, 0.1) is 6.61 Å². The number of carbonyl (C=O) groups is 1. The van der Waals surface area contributed by atoms with E-state index in [1.807, 2.05) is 12.1 Å². The van der Waals surface area contributed by atoms with Crippen molar-refractivity contribution in [2.45, 2.75) is 12.8 Å². The van der Waals surface area contributed by atoms with E-state index in [0.29, 0.717) is 12.4 Å². The maximum atomic E-state index is 11.0. The summed E-state index contributed by atoms with van der Waals surface area (Å²) in [5.74, 6) is -0.533. The van der Waals surface area contributed by atoms with Crippen LogP contribution in [0.3, 0.4) is 0 Å². The lowest BCUT2D eigenvalue weighted by Crippen LogP contribution is -2.04. The first-order valence-electron chi connectivity index (χ1n) is 4.91. The Morgan fingerprint density at radius 3 is 2.94 bits per heavy atom. The zero-order chi connectivity index (χ0) is 12.0. The molecule has 0 atom stereocenters. The fourth-order valence-corrected chi connectivity index (χ4v) is 1.70. The summed E-state index contributed by atoms with van der Waals surface area (Å²) < 4.78 is 6.31. The van der Waals surface area contributed by atoms with Crippen molar-refractivity contribution in [2.24, 2.45) is 0 Å². The fraction of sp³-hybridized carbons (Fsp3) is 0.250. The standard InChI is InChI=1S/C12H13IO3/c1-2-3-4-7-16-11-6-5-9(13)8-10(11)12(14)15/h2,5-6,8H,1,3-4,7H2,(H,14,15). The van der Waals surface area contributed by atoms with E-state index >= 15 is 0 Å². The molecule has 0 saturated carbocycles. The molecule has 0 spiro atoms. The van der Waals surface area contributed by atoms with Crippen molar-refractivity contribution in [1.29, 1.82) is 0 Å². The Kier molecular flexibility index (Phi) is 5.31. The number of unbranched alkanes of at least 4 members (excludes halogenated alkanes) is 1. The van der Waals surface area contributed by atoms with Crippen LogP contribution in [-0.2, 0) is 0 Å². The number of ether oxygens (including phenoxy) is 1. The van der Waals surface area contributed by atoms with Gasteiger partial charge in [0.2, 0.25) is 0 Å². The highest BCUT2D eigenvalue weighted by Crippen LogP contribution is 2.21. The summed E-state index contributed by atoms with van der Waals surface area (Å²) in [5, 5.41) is 8.99. The topological polar surface area (TPSA) is 46.5 Å². The number of halogens is 1. The molecule has 0 fully saturated rings. The van der Waals surface area contributed by atoms with Gasteiger partial charge in [0, 0.05) is 3.57 Å². The van der Waals surface area contributed by atoms with Gasteiger partial charge in [0.1, 0.15) is 11.3 Å². The first kappa shape index (κ1) is 13.0. The fourth-order valence-electron chi connectivity index (χ4n) is 1.20. The predicted octanol–water partition coefficient (Wildman–Crippen LogP) is 3.33. The van der Waals surface area contributed by atoms with E-state index in [9.17, 15) is 4.79 Å². The number of hydrogen-bond donors (Lipinski definition) is 1. The Bertz CT molecular complexity index is 388. The van der Waals surface area contributed by atoms with Crippen molar-refractivity contribution in [1.82, 2.24) is 0 Å². The van der Waals surface area contributed by atoms with E-state index in [2.05, 4.69) is 29.2 Å². The lowest BCUT2D eigenvalue weighted by molar-refractivity contribution is 0.0692. The number of benzene rings is 1. The molecular formula is C12H13IO3. The normalized spacial score (nSPS) is 9.81. The van der Waals surface area contributed by atoms with Crippen LogP contribution in [0.1, 0.15) is 23.2 Å². The highest BCUT2D eigenvalue weighted by atomic mass is 127. The van der Waals surface area contributed by atoms with E-state index in [0.717, 1.165) is 16.4 Å². The van der Waals surface area contributed by atoms with Gasteiger partial charge in [-0.3, -0.25) is 0 Å². The zero-order valence-corrected chi connectivity index (χ0v) is 10.9. The van der Waals surface area contributed by atoms with Crippen molar-refractivity contribution in [3.05, 3.63) is 40.0 Å². The zero-order valence-electron chi connectivity index (χ0n) is 8.78. The van der Waals surface area contributed by atoms with Crippen molar-refractivity contribution >= 4 is 28.6 Å². The summed E-state index contributed by atoms with van der Waals surface area (Å²) in [6, 6.07) is 5.13. The molecule has 1 aromatic carbocycles.